The summed E-state index contributed by atoms with van der Waals surface area (Å²) in [6.07, 6.45) is 0.999. The lowest BCUT2D eigenvalue weighted by molar-refractivity contribution is 0.531. The standard InChI is InChI=1S/C13H22N4/c1-5-15-11-9-8-14-7-6-10(9)16-12(17-11)13(2,3)4/h14H,5-8H2,1-4H3,(H,15,16,17). The first-order chi connectivity index (χ1) is 8.02. The average Bonchev–Trinajstić information content (AvgIpc) is 2.28. The van der Waals surface area contributed by atoms with Crippen molar-refractivity contribution in [1.29, 1.82) is 0 Å². The van der Waals surface area contributed by atoms with E-state index in [1.807, 2.05) is 0 Å². The zero-order valence-corrected chi connectivity index (χ0v) is 11.2. The molecule has 1 aliphatic heterocycles. The molecule has 4 heteroatoms. The van der Waals surface area contributed by atoms with Crippen LogP contribution in [0.3, 0.4) is 0 Å². The van der Waals surface area contributed by atoms with Gasteiger partial charge >= 0.3 is 0 Å². The maximum Gasteiger partial charge on any atom is 0.136 e. The minimum Gasteiger partial charge on any atom is -0.370 e. The van der Waals surface area contributed by atoms with Gasteiger partial charge in [0, 0.05) is 37.0 Å². The number of hydrogen-bond donors (Lipinski definition) is 2. The molecule has 0 aromatic carbocycles. The Balaban J connectivity index is 2.48. The predicted octanol–water partition coefficient (Wildman–Crippen LogP) is 1.85. The summed E-state index contributed by atoms with van der Waals surface area (Å²) < 4.78 is 0. The van der Waals surface area contributed by atoms with Gasteiger partial charge in [0.2, 0.25) is 0 Å². The normalized spacial score (nSPS) is 15.5. The average molecular weight is 234 g/mol. The molecule has 0 radical (unpaired) electrons. The highest BCUT2D eigenvalue weighted by molar-refractivity contribution is 5.48. The van der Waals surface area contributed by atoms with Gasteiger partial charge in [0.05, 0.1) is 5.69 Å². The number of aromatic nitrogens is 2. The van der Waals surface area contributed by atoms with E-state index in [1.54, 1.807) is 0 Å². The van der Waals surface area contributed by atoms with Crippen molar-refractivity contribution in [2.45, 2.75) is 46.1 Å². The van der Waals surface area contributed by atoms with E-state index in [4.69, 9.17) is 4.98 Å². The van der Waals surface area contributed by atoms with E-state index in [1.165, 1.54) is 11.3 Å². The van der Waals surface area contributed by atoms with Gasteiger partial charge in [0.25, 0.3) is 0 Å². The van der Waals surface area contributed by atoms with Crippen LogP contribution in [0, 0.1) is 0 Å². The van der Waals surface area contributed by atoms with Gasteiger partial charge < -0.3 is 10.6 Å². The Morgan fingerprint density at radius 3 is 2.71 bits per heavy atom. The highest BCUT2D eigenvalue weighted by Crippen LogP contribution is 2.25. The van der Waals surface area contributed by atoms with Crippen LogP contribution in [-0.4, -0.2) is 23.1 Å². The third-order valence-corrected chi connectivity index (χ3v) is 2.95. The fraction of sp³-hybridized carbons (Fsp3) is 0.692. The van der Waals surface area contributed by atoms with Gasteiger partial charge in [-0.3, -0.25) is 0 Å². The molecule has 0 fully saturated rings. The van der Waals surface area contributed by atoms with Crippen LogP contribution < -0.4 is 10.6 Å². The van der Waals surface area contributed by atoms with E-state index in [0.29, 0.717) is 0 Å². The summed E-state index contributed by atoms with van der Waals surface area (Å²) in [4.78, 5) is 9.42. The Bertz CT molecular complexity index is 407. The molecule has 1 aromatic heterocycles. The quantitative estimate of drug-likeness (QED) is 0.820. The van der Waals surface area contributed by atoms with Crippen LogP contribution in [0.15, 0.2) is 0 Å². The Morgan fingerprint density at radius 1 is 1.29 bits per heavy atom. The first-order valence-electron chi connectivity index (χ1n) is 6.37. The lowest BCUT2D eigenvalue weighted by Gasteiger charge is -2.24. The molecule has 1 aromatic rings. The minimum absolute atomic E-state index is 0.00404. The van der Waals surface area contributed by atoms with E-state index in [9.17, 15) is 0 Å². The van der Waals surface area contributed by atoms with Crippen LogP contribution in [-0.2, 0) is 18.4 Å². The van der Waals surface area contributed by atoms with Crippen molar-refractivity contribution >= 4 is 5.82 Å². The Labute approximate surface area is 103 Å². The molecule has 2 N–H and O–H groups in total. The topological polar surface area (TPSA) is 49.8 Å². The summed E-state index contributed by atoms with van der Waals surface area (Å²) in [6.45, 7) is 11.4. The number of nitrogens with one attached hydrogen (secondary N) is 2. The Kier molecular flexibility index (Phi) is 3.33. The summed E-state index contributed by atoms with van der Waals surface area (Å²) in [5.74, 6) is 1.95. The van der Waals surface area contributed by atoms with E-state index < -0.39 is 0 Å². The van der Waals surface area contributed by atoms with E-state index >= 15 is 0 Å². The first kappa shape index (κ1) is 12.3. The number of fused-ring (bicyclic) bond motifs is 1. The molecular weight excluding hydrogens is 212 g/mol. The van der Waals surface area contributed by atoms with Crippen LogP contribution in [0.2, 0.25) is 0 Å². The van der Waals surface area contributed by atoms with Crippen molar-refractivity contribution in [3.63, 3.8) is 0 Å². The number of hydrogen-bond acceptors (Lipinski definition) is 4. The van der Waals surface area contributed by atoms with Gasteiger partial charge in [-0.2, -0.15) is 0 Å². The lowest BCUT2D eigenvalue weighted by Crippen LogP contribution is -2.29. The maximum absolute atomic E-state index is 4.74. The molecule has 0 amide bonds. The molecule has 0 saturated carbocycles. The third kappa shape index (κ3) is 2.57. The molecule has 4 nitrogen and oxygen atoms in total. The molecule has 94 valence electrons. The minimum atomic E-state index is 0.00404. The molecule has 0 atom stereocenters. The van der Waals surface area contributed by atoms with Gasteiger partial charge in [-0.15, -0.1) is 0 Å². The van der Waals surface area contributed by atoms with Crippen molar-refractivity contribution in [1.82, 2.24) is 15.3 Å². The smallest absolute Gasteiger partial charge is 0.136 e. The molecule has 0 saturated heterocycles. The Morgan fingerprint density at radius 2 is 2.06 bits per heavy atom. The summed E-state index contributed by atoms with van der Waals surface area (Å²) in [5, 5.41) is 6.73. The lowest BCUT2D eigenvalue weighted by atomic mass is 9.94. The van der Waals surface area contributed by atoms with Gasteiger partial charge in [-0.25, -0.2) is 9.97 Å². The fourth-order valence-electron chi connectivity index (χ4n) is 1.99. The molecule has 1 aliphatic rings. The molecular formula is C13H22N4. The van der Waals surface area contributed by atoms with Crippen molar-refractivity contribution in [3.05, 3.63) is 17.1 Å². The second-order valence-corrected chi connectivity index (χ2v) is 5.53. The molecule has 0 bridgehead atoms. The van der Waals surface area contributed by atoms with Crippen molar-refractivity contribution in [2.24, 2.45) is 0 Å². The van der Waals surface area contributed by atoms with Crippen LogP contribution in [0.4, 0.5) is 5.82 Å². The SMILES string of the molecule is CCNc1nc(C(C)(C)C)nc2c1CNCC2. The molecule has 0 unspecified atom stereocenters. The first-order valence-corrected chi connectivity index (χ1v) is 6.37. The highest BCUT2D eigenvalue weighted by atomic mass is 15.1. The van der Waals surface area contributed by atoms with Crippen LogP contribution in [0.25, 0.3) is 0 Å². The predicted molar refractivity (Wildman–Crippen MR) is 70.3 cm³/mol. The molecule has 2 rings (SSSR count). The molecule has 0 aliphatic carbocycles. The van der Waals surface area contributed by atoms with E-state index in [0.717, 1.165) is 37.7 Å². The monoisotopic (exact) mass is 234 g/mol. The molecule has 17 heavy (non-hydrogen) atoms. The molecule has 2 heterocycles. The van der Waals surface area contributed by atoms with Crippen molar-refractivity contribution in [3.8, 4) is 0 Å². The number of rotatable bonds is 2. The van der Waals surface area contributed by atoms with E-state index in [2.05, 4.69) is 43.3 Å². The van der Waals surface area contributed by atoms with Crippen LogP contribution >= 0.6 is 0 Å². The Hall–Kier alpha value is -1.16. The third-order valence-electron chi connectivity index (χ3n) is 2.95. The second-order valence-electron chi connectivity index (χ2n) is 5.53. The highest BCUT2D eigenvalue weighted by Gasteiger charge is 2.23. The van der Waals surface area contributed by atoms with Gasteiger partial charge in [-0.05, 0) is 6.92 Å². The summed E-state index contributed by atoms with van der Waals surface area (Å²) in [5.41, 5.74) is 2.45. The van der Waals surface area contributed by atoms with Gasteiger partial charge in [0.15, 0.2) is 0 Å². The van der Waals surface area contributed by atoms with Gasteiger partial charge in [-0.1, -0.05) is 20.8 Å². The summed E-state index contributed by atoms with van der Waals surface area (Å²) >= 11 is 0. The fourth-order valence-corrected chi connectivity index (χ4v) is 1.99. The van der Waals surface area contributed by atoms with Crippen molar-refractivity contribution in [2.75, 3.05) is 18.4 Å². The van der Waals surface area contributed by atoms with Crippen LogP contribution in [0.1, 0.15) is 44.8 Å². The number of anilines is 1. The molecule has 0 spiro atoms. The zero-order chi connectivity index (χ0) is 12.5. The summed E-state index contributed by atoms with van der Waals surface area (Å²) in [6, 6.07) is 0. The van der Waals surface area contributed by atoms with Crippen molar-refractivity contribution < 1.29 is 0 Å². The zero-order valence-electron chi connectivity index (χ0n) is 11.2. The number of nitrogens with zero attached hydrogens (tertiary/aromatic N) is 2. The largest absolute Gasteiger partial charge is 0.370 e. The van der Waals surface area contributed by atoms with Crippen LogP contribution in [0.5, 0.6) is 0 Å². The summed E-state index contributed by atoms with van der Waals surface area (Å²) in [7, 11) is 0. The second kappa shape index (κ2) is 4.61. The van der Waals surface area contributed by atoms with E-state index in [-0.39, 0.29) is 5.41 Å². The maximum atomic E-state index is 4.74. The van der Waals surface area contributed by atoms with Gasteiger partial charge in [0.1, 0.15) is 11.6 Å².